The molecule has 2 saturated heterocycles. The van der Waals surface area contributed by atoms with Gasteiger partial charge in [-0.1, -0.05) is 42.5 Å². The van der Waals surface area contributed by atoms with Gasteiger partial charge in [0.25, 0.3) is 5.91 Å². The van der Waals surface area contributed by atoms with E-state index in [-0.39, 0.29) is 17.4 Å². The van der Waals surface area contributed by atoms with Gasteiger partial charge in [-0.2, -0.15) is 0 Å². The van der Waals surface area contributed by atoms with E-state index in [4.69, 9.17) is 4.74 Å². The van der Waals surface area contributed by atoms with Gasteiger partial charge < -0.3 is 14.5 Å². The number of allylic oxidation sites excluding steroid dienone is 1. The molecule has 1 spiro atoms. The van der Waals surface area contributed by atoms with E-state index in [2.05, 4.69) is 56.5 Å². The highest BCUT2D eigenvalue weighted by Gasteiger charge is 2.38. The Morgan fingerprint density at radius 2 is 1.71 bits per heavy atom. The largest absolute Gasteiger partial charge is 0.474 e. The van der Waals surface area contributed by atoms with Gasteiger partial charge in [-0.3, -0.25) is 4.79 Å². The third-order valence-electron chi connectivity index (χ3n) is 7.58. The molecule has 0 bridgehead atoms. The van der Waals surface area contributed by atoms with Crippen molar-refractivity contribution in [2.75, 3.05) is 31.1 Å². The van der Waals surface area contributed by atoms with Crippen LogP contribution in [0.4, 0.5) is 5.82 Å². The van der Waals surface area contributed by atoms with E-state index in [1.54, 1.807) is 6.20 Å². The number of benzene rings is 1. The molecule has 35 heavy (non-hydrogen) atoms. The molecule has 0 radical (unpaired) electrons. The highest BCUT2D eigenvalue weighted by Crippen LogP contribution is 2.44. The van der Waals surface area contributed by atoms with Crippen molar-refractivity contribution in [3.05, 3.63) is 83.7 Å². The second kappa shape index (κ2) is 9.13. The van der Waals surface area contributed by atoms with E-state index in [0.29, 0.717) is 24.7 Å². The smallest absolute Gasteiger partial charge is 0.274 e. The van der Waals surface area contributed by atoms with Crippen molar-refractivity contribution in [3.8, 4) is 5.88 Å². The summed E-state index contributed by atoms with van der Waals surface area (Å²) in [7, 11) is 0. The number of amides is 1. The minimum Gasteiger partial charge on any atom is -0.474 e. The number of fused-ring (bicyclic) bond motifs is 2. The fourth-order valence-corrected chi connectivity index (χ4v) is 5.54. The van der Waals surface area contributed by atoms with Crippen molar-refractivity contribution in [3.63, 3.8) is 0 Å². The van der Waals surface area contributed by atoms with Crippen molar-refractivity contribution in [2.24, 2.45) is 0 Å². The standard InChI is InChI=1S/C28H29N5O2/c34-27(33-17-11-22(12-18-33)35-26-7-3-4-16-29-26)24-8-9-25(31-30-24)32-19-14-28(15-20-32)13-10-21-5-1-2-6-23(21)28/h1-10,13,16,22H,11-12,14-15,17-20H2. The topological polar surface area (TPSA) is 71.5 Å². The number of hydrogen-bond acceptors (Lipinski definition) is 6. The summed E-state index contributed by atoms with van der Waals surface area (Å²) in [6.45, 7) is 3.13. The van der Waals surface area contributed by atoms with E-state index >= 15 is 0 Å². The zero-order valence-corrected chi connectivity index (χ0v) is 19.7. The van der Waals surface area contributed by atoms with E-state index < -0.39 is 0 Å². The lowest BCUT2D eigenvalue weighted by Gasteiger charge is -2.39. The average Bonchev–Trinajstić information content (AvgIpc) is 3.28. The molecule has 7 nitrogen and oxygen atoms in total. The van der Waals surface area contributed by atoms with Crippen molar-refractivity contribution < 1.29 is 9.53 Å². The zero-order chi connectivity index (χ0) is 23.7. The number of carbonyl (C=O) groups is 1. The molecule has 2 aliphatic heterocycles. The number of hydrogen-bond donors (Lipinski definition) is 0. The van der Waals surface area contributed by atoms with Gasteiger partial charge in [0.1, 0.15) is 6.10 Å². The van der Waals surface area contributed by atoms with E-state index in [9.17, 15) is 4.79 Å². The van der Waals surface area contributed by atoms with Crippen LogP contribution >= 0.6 is 0 Å². The lowest BCUT2D eigenvalue weighted by molar-refractivity contribution is 0.0581. The van der Waals surface area contributed by atoms with E-state index in [1.165, 1.54) is 11.1 Å². The van der Waals surface area contributed by atoms with Crippen LogP contribution in [0.3, 0.4) is 0 Å². The Hall–Kier alpha value is -3.74. The third-order valence-corrected chi connectivity index (χ3v) is 7.58. The first-order valence-corrected chi connectivity index (χ1v) is 12.4. The first kappa shape index (κ1) is 21.8. The molecule has 1 amide bonds. The van der Waals surface area contributed by atoms with Gasteiger partial charge in [0.15, 0.2) is 11.5 Å². The summed E-state index contributed by atoms with van der Waals surface area (Å²) in [6, 6.07) is 18.1. The molecule has 1 aliphatic carbocycles. The number of rotatable bonds is 4. The first-order chi connectivity index (χ1) is 17.2. The van der Waals surface area contributed by atoms with Crippen LogP contribution in [0.15, 0.2) is 66.9 Å². The maximum absolute atomic E-state index is 13.0. The molecular formula is C28H29N5O2. The molecule has 3 aromatic rings. The fraction of sp³-hybridized carbons (Fsp3) is 0.357. The predicted molar refractivity (Wildman–Crippen MR) is 134 cm³/mol. The molecule has 6 rings (SSSR count). The predicted octanol–water partition coefficient (Wildman–Crippen LogP) is 4.12. The second-order valence-corrected chi connectivity index (χ2v) is 9.62. The van der Waals surface area contributed by atoms with Crippen molar-refractivity contribution in [1.82, 2.24) is 20.1 Å². The van der Waals surface area contributed by atoms with Crippen LogP contribution in [-0.2, 0) is 5.41 Å². The molecule has 178 valence electrons. The molecule has 7 heteroatoms. The molecule has 2 aromatic heterocycles. The van der Waals surface area contributed by atoms with Crippen molar-refractivity contribution in [2.45, 2.75) is 37.2 Å². The van der Waals surface area contributed by atoms with Crippen LogP contribution in [0.5, 0.6) is 5.88 Å². The normalized spacial score (nSPS) is 19.1. The maximum atomic E-state index is 13.0. The van der Waals surface area contributed by atoms with E-state index in [0.717, 1.165) is 44.6 Å². The molecule has 4 heterocycles. The molecule has 0 atom stereocenters. The lowest BCUT2D eigenvalue weighted by atomic mass is 9.74. The maximum Gasteiger partial charge on any atom is 0.274 e. The fourth-order valence-electron chi connectivity index (χ4n) is 5.54. The number of ether oxygens (including phenoxy) is 1. The SMILES string of the molecule is O=C(c1ccc(N2CCC3(C=Cc4ccccc43)CC2)nn1)N1CCC(Oc2ccccn2)CC1. The highest BCUT2D eigenvalue weighted by atomic mass is 16.5. The summed E-state index contributed by atoms with van der Waals surface area (Å²) >= 11 is 0. The summed E-state index contributed by atoms with van der Waals surface area (Å²) in [5, 5.41) is 8.73. The van der Waals surface area contributed by atoms with Gasteiger partial charge in [-0.05, 0) is 42.2 Å². The molecule has 0 N–H and O–H groups in total. The molecule has 0 saturated carbocycles. The molecular weight excluding hydrogens is 438 g/mol. The number of anilines is 1. The first-order valence-electron chi connectivity index (χ1n) is 12.4. The lowest BCUT2D eigenvalue weighted by Crippen LogP contribution is -2.42. The monoisotopic (exact) mass is 467 g/mol. The zero-order valence-electron chi connectivity index (χ0n) is 19.7. The van der Waals surface area contributed by atoms with Gasteiger partial charge in [0.05, 0.1) is 0 Å². The Kier molecular flexibility index (Phi) is 5.68. The number of aromatic nitrogens is 3. The van der Waals surface area contributed by atoms with Crippen LogP contribution < -0.4 is 9.64 Å². The number of pyridine rings is 1. The van der Waals surface area contributed by atoms with E-state index in [1.807, 2.05) is 35.2 Å². The minimum atomic E-state index is -0.0642. The molecule has 1 aromatic carbocycles. The quantitative estimate of drug-likeness (QED) is 0.575. The summed E-state index contributed by atoms with van der Waals surface area (Å²) < 4.78 is 5.94. The molecule has 2 fully saturated rings. The summed E-state index contributed by atoms with van der Waals surface area (Å²) in [6.07, 6.45) is 10.1. The van der Waals surface area contributed by atoms with Crippen LogP contribution in [0.2, 0.25) is 0 Å². The summed E-state index contributed by atoms with van der Waals surface area (Å²) in [5.41, 5.74) is 3.33. The Labute approximate surface area is 205 Å². The molecule has 0 unspecified atom stereocenters. The Bertz CT molecular complexity index is 1210. The van der Waals surface area contributed by atoms with Crippen LogP contribution in [0.25, 0.3) is 6.08 Å². The minimum absolute atomic E-state index is 0.0642. The average molecular weight is 468 g/mol. The highest BCUT2D eigenvalue weighted by molar-refractivity contribution is 5.92. The van der Waals surface area contributed by atoms with Gasteiger partial charge in [-0.15, -0.1) is 10.2 Å². The van der Waals surface area contributed by atoms with Gasteiger partial charge in [0.2, 0.25) is 5.88 Å². The number of carbonyl (C=O) groups excluding carboxylic acids is 1. The van der Waals surface area contributed by atoms with Gasteiger partial charge >= 0.3 is 0 Å². The van der Waals surface area contributed by atoms with Gasteiger partial charge in [-0.25, -0.2) is 4.98 Å². The van der Waals surface area contributed by atoms with Crippen LogP contribution in [-0.4, -0.2) is 58.3 Å². The summed E-state index contributed by atoms with van der Waals surface area (Å²) in [4.78, 5) is 21.3. The Balaban J connectivity index is 1.04. The Morgan fingerprint density at radius 3 is 2.46 bits per heavy atom. The van der Waals surface area contributed by atoms with Crippen LogP contribution in [0.1, 0.15) is 47.3 Å². The number of nitrogens with zero attached hydrogens (tertiary/aromatic N) is 5. The van der Waals surface area contributed by atoms with Crippen molar-refractivity contribution >= 4 is 17.8 Å². The Morgan fingerprint density at radius 1 is 0.914 bits per heavy atom. The third kappa shape index (κ3) is 4.27. The number of piperidine rings is 2. The van der Waals surface area contributed by atoms with Gasteiger partial charge in [0, 0.05) is 56.7 Å². The molecule has 3 aliphatic rings. The second-order valence-electron chi connectivity index (χ2n) is 9.62. The van der Waals surface area contributed by atoms with Crippen LogP contribution in [0, 0.1) is 0 Å². The van der Waals surface area contributed by atoms with Crippen molar-refractivity contribution in [1.29, 1.82) is 0 Å². The summed E-state index contributed by atoms with van der Waals surface area (Å²) in [5.74, 6) is 1.41. The number of likely N-dealkylation sites (tertiary alicyclic amines) is 1.